The van der Waals surface area contributed by atoms with Gasteiger partial charge in [-0.15, -0.1) is 11.3 Å². The number of para-hydroxylation sites is 1. The molecule has 0 spiro atoms. The first-order chi connectivity index (χ1) is 11.7. The fraction of sp³-hybridized carbons (Fsp3) is 0.333. The summed E-state index contributed by atoms with van der Waals surface area (Å²) in [5.74, 6) is 1.11. The Hall–Kier alpha value is -2.18. The van der Waals surface area contributed by atoms with E-state index in [9.17, 15) is 4.79 Å². The molecule has 3 heterocycles. The number of carbonyl (C=O) groups is 1. The summed E-state index contributed by atoms with van der Waals surface area (Å²) in [7, 11) is 0. The highest BCUT2D eigenvalue weighted by Gasteiger charge is 2.24. The topological polar surface area (TPSA) is 67.0 Å². The van der Waals surface area contributed by atoms with Crippen LogP contribution in [0.15, 0.2) is 35.7 Å². The molecule has 2 atom stereocenters. The number of amides is 1. The molecule has 0 aliphatic carbocycles. The smallest absolute Gasteiger partial charge is 0.253 e. The first-order valence-electron chi connectivity index (χ1n) is 8.13. The number of carbonyl (C=O) groups excluding carboxylic acids is 1. The Labute approximate surface area is 144 Å². The second kappa shape index (κ2) is 6.37. The minimum absolute atomic E-state index is 0.0794. The number of fused-ring (bicyclic) bond motifs is 1. The molecule has 1 fully saturated rings. The van der Waals surface area contributed by atoms with Crippen molar-refractivity contribution in [3.05, 3.63) is 41.3 Å². The molecule has 4 rings (SSSR count). The van der Waals surface area contributed by atoms with E-state index in [1.165, 1.54) is 0 Å². The van der Waals surface area contributed by atoms with E-state index in [0.717, 1.165) is 35.9 Å². The minimum Gasteiger partial charge on any atom is -0.381 e. The summed E-state index contributed by atoms with van der Waals surface area (Å²) < 4.78 is 5.41. The van der Waals surface area contributed by atoms with Crippen LogP contribution in [0.2, 0.25) is 0 Å². The van der Waals surface area contributed by atoms with Crippen molar-refractivity contribution >= 4 is 28.3 Å². The van der Waals surface area contributed by atoms with E-state index in [4.69, 9.17) is 4.74 Å². The molecule has 3 aromatic rings. The van der Waals surface area contributed by atoms with Gasteiger partial charge in [-0.2, -0.15) is 0 Å². The fourth-order valence-electron chi connectivity index (χ4n) is 3.09. The monoisotopic (exact) mass is 341 g/mol. The van der Waals surface area contributed by atoms with E-state index < -0.39 is 0 Å². The van der Waals surface area contributed by atoms with Gasteiger partial charge in [-0.1, -0.05) is 12.1 Å². The van der Waals surface area contributed by atoms with Gasteiger partial charge in [0.15, 0.2) is 0 Å². The number of aromatic nitrogens is 2. The Kier molecular flexibility index (Phi) is 4.08. The number of nitrogens with one attached hydrogen (secondary N) is 2. The number of imidazole rings is 1. The summed E-state index contributed by atoms with van der Waals surface area (Å²) in [6.07, 6.45) is 0.997. The first kappa shape index (κ1) is 15.4. The maximum absolute atomic E-state index is 12.7. The van der Waals surface area contributed by atoms with Crippen LogP contribution in [0.5, 0.6) is 0 Å². The Morgan fingerprint density at radius 2 is 2.33 bits per heavy atom. The van der Waals surface area contributed by atoms with Crippen molar-refractivity contribution in [2.45, 2.75) is 19.4 Å². The number of aromatic amines is 1. The standard InChI is InChI=1S/C18H19N3O2S/c1-11(12-7-8-23-10-12)19-18(22)13-4-2-5-14-16(13)21-17(20-14)15-6-3-9-24-15/h2-6,9,11-12H,7-8,10H2,1H3,(H,19,22)(H,20,21). The van der Waals surface area contributed by atoms with Gasteiger partial charge >= 0.3 is 0 Å². The Balaban J connectivity index is 1.62. The lowest BCUT2D eigenvalue weighted by Gasteiger charge is -2.19. The number of hydrogen-bond donors (Lipinski definition) is 2. The van der Waals surface area contributed by atoms with Crippen LogP contribution in [-0.4, -0.2) is 35.1 Å². The summed E-state index contributed by atoms with van der Waals surface area (Å²) in [5.41, 5.74) is 2.20. The lowest BCUT2D eigenvalue weighted by Crippen LogP contribution is -2.38. The largest absolute Gasteiger partial charge is 0.381 e. The molecule has 0 radical (unpaired) electrons. The van der Waals surface area contributed by atoms with Crippen molar-refractivity contribution in [1.29, 1.82) is 0 Å². The molecule has 1 aliphatic rings. The van der Waals surface area contributed by atoms with Crippen LogP contribution in [0.1, 0.15) is 23.7 Å². The normalized spacial score (nSPS) is 18.8. The van der Waals surface area contributed by atoms with Crippen LogP contribution in [0.3, 0.4) is 0 Å². The zero-order chi connectivity index (χ0) is 16.5. The number of thiophene rings is 1. The van der Waals surface area contributed by atoms with E-state index in [1.54, 1.807) is 11.3 Å². The molecule has 6 heteroatoms. The summed E-state index contributed by atoms with van der Waals surface area (Å²) in [6.45, 7) is 3.54. The number of rotatable bonds is 4. The molecule has 1 amide bonds. The number of ether oxygens (including phenoxy) is 1. The number of benzene rings is 1. The molecular weight excluding hydrogens is 322 g/mol. The number of nitrogens with zero attached hydrogens (tertiary/aromatic N) is 1. The van der Waals surface area contributed by atoms with Gasteiger partial charge in [0, 0.05) is 18.6 Å². The van der Waals surface area contributed by atoms with Gasteiger partial charge in [0.2, 0.25) is 0 Å². The summed E-state index contributed by atoms with van der Waals surface area (Å²) in [4.78, 5) is 21.7. The van der Waals surface area contributed by atoms with Gasteiger partial charge in [-0.25, -0.2) is 4.98 Å². The van der Waals surface area contributed by atoms with Crippen LogP contribution in [0.4, 0.5) is 0 Å². The summed E-state index contributed by atoms with van der Waals surface area (Å²) in [6, 6.07) is 9.76. The summed E-state index contributed by atoms with van der Waals surface area (Å²) in [5, 5.41) is 5.12. The van der Waals surface area contributed by atoms with Gasteiger partial charge in [-0.3, -0.25) is 4.79 Å². The summed E-state index contributed by atoms with van der Waals surface area (Å²) >= 11 is 1.62. The Morgan fingerprint density at radius 3 is 3.08 bits per heavy atom. The molecule has 24 heavy (non-hydrogen) atoms. The molecule has 0 bridgehead atoms. The molecule has 1 saturated heterocycles. The van der Waals surface area contributed by atoms with Crippen LogP contribution in [-0.2, 0) is 4.74 Å². The van der Waals surface area contributed by atoms with Crippen molar-refractivity contribution in [3.8, 4) is 10.7 Å². The average Bonchev–Trinajstić information content (AvgIpc) is 3.33. The Morgan fingerprint density at radius 1 is 1.42 bits per heavy atom. The lowest BCUT2D eigenvalue weighted by molar-refractivity contribution is 0.0923. The van der Waals surface area contributed by atoms with E-state index in [0.29, 0.717) is 17.0 Å². The predicted molar refractivity (Wildman–Crippen MR) is 95.3 cm³/mol. The van der Waals surface area contributed by atoms with E-state index >= 15 is 0 Å². The number of H-pyrrole nitrogens is 1. The van der Waals surface area contributed by atoms with Crippen LogP contribution in [0, 0.1) is 5.92 Å². The maximum Gasteiger partial charge on any atom is 0.253 e. The van der Waals surface area contributed by atoms with Gasteiger partial charge in [0.1, 0.15) is 11.3 Å². The molecule has 2 N–H and O–H groups in total. The van der Waals surface area contributed by atoms with Gasteiger partial charge in [0.05, 0.1) is 22.6 Å². The molecule has 0 saturated carbocycles. The van der Waals surface area contributed by atoms with E-state index in [-0.39, 0.29) is 11.9 Å². The third-order valence-electron chi connectivity index (χ3n) is 4.54. The molecule has 124 valence electrons. The van der Waals surface area contributed by atoms with Crippen molar-refractivity contribution in [3.63, 3.8) is 0 Å². The van der Waals surface area contributed by atoms with Crippen LogP contribution in [0.25, 0.3) is 21.7 Å². The minimum atomic E-state index is -0.0794. The van der Waals surface area contributed by atoms with Crippen molar-refractivity contribution in [2.75, 3.05) is 13.2 Å². The molecule has 2 aromatic heterocycles. The fourth-order valence-corrected chi connectivity index (χ4v) is 3.76. The lowest BCUT2D eigenvalue weighted by atomic mass is 10.0. The highest BCUT2D eigenvalue weighted by molar-refractivity contribution is 7.13. The SMILES string of the molecule is CC(NC(=O)c1cccc2[nH]c(-c3cccs3)nc12)C1CCOC1. The molecule has 5 nitrogen and oxygen atoms in total. The highest BCUT2D eigenvalue weighted by atomic mass is 32.1. The maximum atomic E-state index is 12.7. The second-order valence-electron chi connectivity index (χ2n) is 6.15. The third-order valence-corrected chi connectivity index (χ3v) is 5.42. The Bertz CT molecular complexity index is 850. The van der Waals surface area contributed by atoms with Crippen LogP contribution >= 0.6 is 11.3 Å². The first-order valence-corrected chi connectivity index (χ1v) is 9.01. The molecule has 1 aliphatic heterocycles. The van der Waals surface area contributed by atoms with Crippen molar-refractivity contribution < 1.29 is 9.53 Å². The zero-order valence-corrected chi connectivity index (χ0v) is 14.2. The van der Waals surface area contributed by atoms with Gasteiger partial charge in [-0.05, 0) is 36.9 Å². The van der Waals surface area contributed by atoms with E-state index in [1.807, 2.05) is 42.6 Å². The van der Waals surface area contributed by atoms with Crippen molar-refractivity contribution in [1.82, 2.24) is 15.3 Å². The third kappa shape index (κ3) is 2.83. The highest BCUT2D eigenvalue weighted by Crippen LogP contribution is 2.26. The predicted octanol–water partition coefficient (Wildman–Crippen LogP) is 3.45. The second-order valence-corrected chi connectivity index (χ2v) is 7.10. The zero-order valence-electron chi connectivity index (χ0n) is 13.4. The average molecular weight is 341 g/mol. The van der Waals surface area contributed by atoms with Crippen molar-refractivity contribution in [2.24, 2.45) is 5.92 Å². The number of hydrogen-bond acceptors (Lipinski definition) is 4. The quantitative estimate of drug-likeness (QED) is 0.764. The van der Waals surface area contributed by atoms with E-state index in [2.05, 4.69) is 15.3 Å². The van der Waals surface area contributed by atoms with Crippen LogP contribution < -0.4 is 5.32 Å². The molecular formula is C18H19N3O2S. The van der Waals surface area contributed by atoms with Gasteiger partial charge < -0.3 is 15.0 Å². The van der Waals surface area contributed by atoms with Gasteiger partial charge in [0.25, 0.3) is 5.91 Å². The molecule has 2 unspecified atom stereocenters. The molecule has 1 aromatic carbocycles.